The molecule has 0 heterocycles. The Morgan fingerprint density at radius 3 is 2.50 bits per heavy atom. The number of nitro benzene ring substituents is 1. The summed E-state index contributed by atoms with van der Waals surface area (Å²) in [5.41, 5.74) is 1.04. The first-order valence-corrected chi connectivity index (χ1v) is 7.02. The van der Waals surface area contributed by atoms with E-state index in [9.17, 15) is 14.9 Å². The fraction of sp³-hybridized carbons (Fsp3) is 0.0714. The van der Waals surface area contributed by atoms with Gasteiger partial charge in [0.05, 0.1) is 4.92 Å². The lowest BCUT2D eigenvalue weighted by Gasteiger charge is -2.06. The largest absolute Gasteiger partial charge is 0.322 e. The van der Waals surface area contributed by atoms with Crippen LogP contribution in [-0.4, -0.2) is 17.1 Å². The quantitative estimate of drug-likeness (QED) is 0.530. The van der Waals surface area contributed by atoms with Gasteiger partial charge in [0.15, 0.2) is 0 Å². The monoisotopic (exact) mass is 288 g/mol. The van der Waals surface area contributed by atoms with Crippen LogP contribution in [0.5, 0.6) is 0 Å². The van der Waals surface area contributed by atoms with Crippen molar-refractivity contribution in [2.45, 2.75) is 4.90 Å². The van der Waals surface area contributed by atoms with E-state index in [0.717, 1.165) is 4.90 Å². The van der Waals surface area contributed by atoms with Crippen LogP contribution in [0.15, 0.2) is 53.4 Å². The molecule has 6 heteroatoms. The van der Waals surface area contributed by atoms with Gasteiger partial charge in [0.1, 0.15) is 0 Å². The number of hydrogen-bond donors (Lipinski definition) is 1. The van der Waals surface area contributed by atoms with Crippen molar-refractivity contribution in [1.29, 1.82) is 0 Å². The summed E-state index contributed by atoms with van der Waals surface area (Å²) in [5.74, 6) is -0.293. The third-order valence-corrected chi connectivity index (χ3v) is 3.39. The third-order valence-electron chi connectivity index (χ3n) is 2.67. The average molecular weight is 288 g/mol. The van der Waals surface area contributed by atoms with Gasteiger partial charge in [-0.1, -0.05) is 6.07 Å². The Morgan fingerprint density at radius 2 is 1.90 bits per heavy atom. The van der Waals surface area contributed by atoms with E-state index in [1.165, 1.54) is 24.3 Å². The zero-order valence-corrected chi connectivity index (χ0v) is 11.5. The van der Waals surface area contributed by atoms with E-state index in [4.69, 9.17) is 0 Å². The summed E-state index contributed by atoms with van der Waals surface area (Å²) < 4.78 is 0. The van der Waals surface area contributed by atoms with Gasteiger partial charge in [-0.2, -0.15) is 0 Å². The molecule has 2 rings (SSSR count). The molecule has 1 N–H and O–H groups in total. The molecule has 0 spiro atoms. The number of hydrogen-bond acceptors (Lipinski definition) is 4. The minimum absolute atomic E-state index is 0.0362. The van der Waals surface area contributed by atoms with Crippen molar-refractivity contribution in [1.82, 2.24) is 0 Å². The van der Waals surface area contributed by atoms with Gasteiger partial charge >= 0.3 is 0 Å². The minimum Gasteiger partial charge on any atom is -0.322 e. The van der Waals surface area contributed by atoms with Crippen molar-refractivity contribution in [3.8, 4) is 0 Å². The van der Waals surface area contributed by atoms with Gasteiger partial charge in [-0.3, -0.25) is 14.9 Å². The van der Waals surface area contributed by atoms with Crippen LogP contribution < -0.4 is 5.32 Å². The number of nitrogens with one attached hydrogen (secondary N) is 1. The molecule has 0 aliphatic heterocycles. The summed E-state index contributed by atoms with van der Waals surface area (Å²) >= 11 is 1.58. The zero-order valence-electron chi connectivity index (χ0n) is 10.7. The van der Waals surface area contributed by atoms with Crippen molar-refractivity contribution in [3.05, 3.63) is 64.2 Å². The van der Waals surface area contributed by atoms with E-state index < -0.39 is 4.92 Å². The molecule has 20 heavy (non-hydrogen) atoms. The number of carbonyl (C=O) groups excluding carboxylic acids is 1. The lowest BCUT2D eigenvalue weighted by Crippen LogP contribution is -2.11. The third kappa shape index (κ3) is 3.36. The molecule has 0 atom stereocenters. The summed E-state index contributed by atoms with van der Waals surface area (Å²) in [6, 6.07) is 13.0. The number of nitrogens with zero attached hydrogens (tertiary/aromatic N) is 1. The van der Waals surface area contributed by atoms with Gasteiger partial charge in [0.2, 0.25) is 0 Å². The van der Waals surface area contributed by atoms with Crippen molar-refractivity contribution in [2.24, 2.45) is 0 Å². The maximum absolute atomic E-state index is 12.0. The molecular weight excluding hydrogens is 276 g/mol. The molecule has 0 aliphatic rings. The smallest absolute Gasteiger partial charge is 0.269 e. The van der Waals surface area contributed by atoms with Crippen molar-refractivity contribution < 1.29 is 9.72 Å². The highest BCUT2D eigenvalue weighted by Crippen LogP contribution is 2.20. The Balaban J connectivity index is 2.13. The lowest BCUT2D eigenvalue weighted by atomic mass is 10.2. The first-order valence-electron chi connectivity index (χ1n) is 5.80. The van der Waals surface area contributed by atoms with Gasteiger partial charge in [0.25, 0.3) is 11.6 Å². The molecule has 0 radical (unpaired) electrons. The van der Waals surface area contributed by atoms with Crippen LogP contribution >= 0.6 is 11.8 Å². The van der Waals surface area contributed by atoms with Crippen LogP contribution in [0.3, 0.4) is 0 Å². The van der Waals surface area contributed by atoms with Gasteiger partial charge in [0, 0.05) is 28.3 Å². The molecule has 0 bridgehead atoms. The highest BCUT2D eigenvalue weighted by atomic mass is 32.2. The average Bonchev–Trinajstić information content (AvgIpc) is 2.47. The van der Waals surface area contributed by atoms with Crippen LogP contribution in [0.2, 0.25) is 0 Å². The standard InChI is InChI=1S/C14H12N2O3S/c1-20-13-4-2-3-11(9-13)15-14(17)10-5-7-12(8-6-10)16(18)19/h2-9H,1H3,(H,15,17). The first-order chi connectivity index (χ1) is 9.60. The first kappa shape index (κ1) is 14.1. The van der Waals surface area contributed by atoms with Crippen molar-refractivity contribution in [2.75, 3.05) is 11.6 Å². The van der Waals surface area contributed by atoms with Crippen molar-refractivity contribution in [3.63, 3.8) is 0 Å². The number of nitro groups is 1. The molecule has 0 aromatic heterocycles. The molecule has 2 aromatic carbocycles. The molecule has 0 unspecified atom stereocenters. The van der Waals surface area contributed by atoms with Gasteiger partial charge in [-0.15, -0.1) is 11.8 Å². The molecule has 1 amide bonds. The van der Waals surface area contributed by atoms with Crippen LogP contribution in [0.25, 0.3) is 0 Å². The van der Waals surface area contributed by atoms with E-state index in [2.05, 4.69) is 5.32 Å². The van der Waals surface area contributed by atoms with Gasteiger partial charge in [-0.25, -0.2) is 0 Å². The van der Waals surface area contributed by atoms with E-state index in [1.54, 1.807) is 17.8 Å². The van der Waals surface area contributed by atoms with Crippen LogP contribution in [0.4, 0.5) is 11.4 Å². The topological polar surface area (TPSA) is 72.2 Å². The molecule has 2 aromatic rings. The molecule has 0 aliphatic carbocycles. The summed E-state index contributed by atoms with van der Waals surface area (Å²) in [6.45, 7) is 0. The molecule has 102 valence electrons. The van der Waals surface area contributed by atoms with Crippen LogP contribution in [-0.2, 0) is 0 Å². The molecule has 0 fully saturated rings. The molecule has 0 saturated heterocycles. The predicted octanol–water partition coefficient (Wildman–Crippen LogP) is 3.57. The summed E-state index contributed by atoms with van der Waals surface area (Å²) in [4.78, 5) is 23.1. The van der Waals surface area contributed by atoms with E-state index >= 15 is 0 Å². The Morgan fingerprint density at radius 1 is 1.20 bits per heavy atom. The number of rotatable bonds is 4. The Bertz CT molecular complexity index is 641. The maximum Gasteiger partial charge on any atom is 0.269 e. The number of thioether (sulfide) groups is 1. The highest BCUT2D eigenvalue weighted by molar-refractivity contribution is 7.98. The van der Waals surface area contributed by atoms with E-state index in [0.29, 0.717) is 11.3 Å². The lowest BCUT2D eigenvalue weighted by molar-refractivity contribution is -0.384. The van der Waals surface area contributed by atoms with E-state index in [-0.39, 0.29) is 11.6 Å². The Labute approximate surface area is 120 Å². The normalized spacial score (nSPS) is 10.1. The number of anilines is 1. The van der Waals surface area contributed by atoms with Gasteiger partial charge < -0.3 is 5.32 Å². The fourth-order valence-electron chi connectivity index (χ4n) is 1.64. The zero-order chi connectivity index (χ0) is 14.5. The summed E-state index contributed by atoms with van der Waals surface area (Å²) in [5, 5.41) is 13.3. The predicted molar refractivity (Wildman–Crippen MR) is 79.3 cm³/mol. The van der Waals surface area contributed by atoms with Crippen LogP contribution in [0, 0.1) is 10.1 Å². The molecule has 0 saturated carbocycles. The van der Waals surface area contributed by atoms with Crippen LogP contribution in [0.1, 0.15) is 10.4 Å². The molecule has 5 nitrogen and oxygen atoms in total. The maximum atomic E-state index is 12.0. The summed E-state index contributed by atoms with van der Waals surface area (Å²) in [6.07, 6.45) is 1.96. The van der Waals surface area contributed by atoms with E-state index in [1.807, 2.05) is 24.5 Å². The SMILES string of the molecule is CSc1cccc(NC(=O)c2ccc([N+](=O)[O-])cc2)c1. The Hall–Kier alpha value is -2.34. The van der Waals surface area contributed by atoms with Crippen molar-refractivity contribution >= 4 is 29.0 Å². The minimum atomic E-state index is -0.496. The fourth-order valence-corrected chi connectivity index (χ4v) is 2.10. The number of benzene rings is 2. The Kier molecular flexibility index (Phi) is 4.37. The summed E-state index contributed by atoms with van der Waals surface area (Å²) in [7, 11) is 0. The molecular formula is C14H12N2O3S. The highest BCUT2D eigenvalue weighted by Gasteiger charge is 2.09. The van der Waals surface area contributed by atoms with Gasteiger partial charge in [-0.05, 0) is 36.6 Å². The second kappa shape index (κ2) is 6.21. The second-order valence-corrected chi connectivity index (χ2v) is 4.87. The number of carbonyl (C=O) groups is 1. The second-order valence-electron chi connectivity index (χ2n) is 3.99. The number of amides is 1. The number of non-ortho nitro benzene ring substituents is 1.